The number of nitrogens with zero attached hydrogens (tertiary/aromatic N) is 2. The molecule has 3 rings (SSSR count). The Kier molecular flexibility index (Phi) is 5.69. The quantitative estimate of drug-likeness (QED) is 0.676. The number of alkyl halides is 3. The van der Waals surface area contributed by atoms with Crippen molar-refractivity contribution in [3.63, 3.8) is 0 Å². The van der Waals surface area contributed by atoms with E-state index in [1.807, 2.05) is 0 Å². The number of hydrogen-bond donors (Lipinski definition) is 2. The van der Waals surface area contributed by atoms with Gasteiger partial charge in [-0.25, -0.2) is 4.98 Å². The van der Waals surface area contributed by atoms with Gasteiger partial charge < -0.3 is 10.6 Å². The van der Waals surface area contributed by atoms with E-state index < -0.39 is 23.6 Å². The number of thiophene rings is 1. The lowest BCUT2D eigenvalue weighted by atomic mass is 10.1. The molecule has 1 aromatic carbocycles. The first kappa shape index (κ1) is 19.5. The summed E-state index contributed by atoms with van der Waals surface area (Å²) in [4.78, 5) is 32.5. The second-order valence-electron chi connectivity index (χ2n) is 5.59. The van der Waals surface area contributed by atoms with Gasteiger partial charge in [-0.15, -0.1) is 11.3 Å². The standard InChI is InChI=1S/C18H13F3N4O2S/c19-18(20,21)12-3-1-11(2-4-12)9-24-17(27)15-13(5-8-28-15)25-16(26)14-10-22-6-7-23-14/h1-8,10H,9H2,(H,24,27)(H,25,26). The van der Waals surface area contributed by atoms with Crippen molar-refractivity contribution in [2.75, 3.05) is 5.32 Å². The number of anilines is 1. The summed E-state index contributed by atoms with van der Waals surface area (Å²) in [5, 5.41) is 6.86. The van der Waals surface area contributed by atoms with E-state index in [0.29, 0.717) is 11.3 Å². The van der Waals surface area contributed by atoms with Gasteiger partial charge in [0.05, 0.1) is 17.4 Å². The molecule has 6 nitrogen and oxygen atoms in total. The average Bonchev–Trinajstić information content (AvgIpc) is 3.14. The normalized spacial score (nSPS) is 11.1. The van der Waals surface area contributed by atoms with E-state index in [-0.39, 0.29) is 17.1 Å². The Hall–Kier alpha value is -3.27. The van der Waals surface area contributed by atoms with Crippen molar-refractivity contribution in [2.24, 2.45) is 0 Å². The second-order valence-corrected chi connectivity index (χ2v) is 6.50. The monoisotopic (exact) mass is 406 g/mol. The van der Waals surface area contributed by atoms with Gasteiger partial charge in [-0.1, -0.05) is 12.1 Å². The first-order valence-electron chi connectivity index (χ1n) is 7.94. The third-order valence-corrected chi connectivity index (χ3v) is 4.56. The van der Waals surface area contributed by atoms with E-state index >= 15 is 0 Å². The number of carbonyl (C=O) groups excluding carboxylic acids is 2. The number of benzene rings is 1. The third-order valence-electron chi connectivity index (χ3n) is 3.65. The van der Waals surface area contributed by atoms with Crippen LogP contribution in [-0.2, 0) is 12.7 Å². The van der Waals surface area contributed by atoms with Crippen LogP contribution >= 0.6 is 11.3 Å². The molecule has 2 aromatic heterocycles. The number of aromatic nitrogens is 2. The third kappa shape index (κ3) is 4.71. The van der Waals surface area contributed by atoms with Crippen LogP contribution in [0.4, 0.5) is 18.9 Å². The van der Waals surface area contributed by atoms with Gasteiger partial charge in [0.25, 0.3) is 11.8 Å². The largest absolute Gasteiger partial charge is 0.416 e. The zero-order chi connectivity index (χ0) is 20.1. The molecule has 10 heteroatoms. The molecule has 0 aliphatic rings. The van der Waals surface area contributed by atoms with Crippen molar-refractivity contribution >= 4 is 28.8 Å². The van der Waals surface area contributed by atoms with Crippen LogP contribution < -0.4 is 10.6 Å². The lowest BCUT2D eigenvalue weighted by Crippen LogP contribution is -2.24. The molecule has 0 unspecified atom stereocenters. The Morgan fingerprint density at radius 2 is 1.79 bits per heavy atom. The number of nitrogens with one attached hydrogen (secondary N) is 2. The van der Waals surface area contributed by atoms with E-state index in [2.05, 4.69) is 20.6 Å². The second kappa shape index (κ2) is 8.17. The van der Waals surface area contributed by atoms with Crippen LogP contribution in [0.3, 0.4) is 0 Å². The molecule has 0 radical (unpaired) electrons. The number of hydrogen-bond acceptors (Lipinski definition) is 5. The minimum absolute atomic E-state index is 0.0480. The fourth-order valence-electron chi connectivity index (χ4n) is 2.26. The van der Waals surface area contributed by atoms with Crippen molar-refractivity contribution in [3.8, 4) is 0 Å². The van der Waals surface area contributed by atoms with Crippen molar-refractivity contribution in [1.29, 1.82) is 0 Å². The highest BCUT2D eigenvalue weighted by atomic mass is 32.1. The Morgan fingerprint density at radius 1 is 1.04 bits per heavy atom. The maximum atomic E-state index is 12.6. The van der Waals surface area contributed by atoms with Crippen molar-refractivity contribution in [2.45, 2.75) is 12.7 Å². The molecule has 2 N–H and O–H groups in total. The fraction of sp³-hybridized carbons (Fsp3) is 0.111. The van der Waals surface area contributed by atoms with E-state index in [4.69, 9.17) is 0 Å². The molecule has 28 heavy (non-hydrogen) atoms. The van der Waals surface area contributed by atoms with Gasteiger partial charge in [0.15, 0.2) is 0 Å². The molecule has 0 saturated heterocycles. The Labute approximate surface area is 161 Å². The molecular weight excluding hydrogens is 393 g/mol. The average molecular weight is 406 g/mol. The molecule has 2 heterocycles. The molecule has 3 aromatic rings. The molecule has 2 amide bonds. The maximum absolute atomic E-state index is 12.6. The zero-order valence-electron chi connectivity index (χ0n) is 14.2. The predicted octanol–water partition coefficient (Wildman–Crippen LogP) is 3.74. The summed E-state index contributed by atoms with van der Waals surface area (Å²) in [7, 11) is 0. The summed E-state index contributed by atoms with van der Waals surface area (Å²) in [6.45, 7) is 0.0480. The van der Waals surface area contributed by atoms with Gasteiger partial charge in [-0.3, -0.25) is 14.6 Å². The van der Waals surface area contributed by atoms with Gasteiger partial charge in [0.2, 0.25) is 0 Å². The van der Waals surface area contributed by atoms with Crippen LogP contribution in [0.5, 0.6) is 0 Å². The minimum Gasteiger partial charge on any atom is -0.347 e. The number of amides is 2. The molecule has 0 bridgehead atoms. The molecule has 0 fully saturated rings. The van der Waals surface area contributed by atoms with Crippen LogP contribution in [-0.4, -0.2) is 21.8 Å². The predicted molar refractivity (Wildman–Crippen MR) is 96.9 cm³/mol. The van der Waals surface area contributed by atoms with Crippen molar-refractivity contribution < 1.29 is 22.8 Å². The maximum Gasteiger partial charge on any atom is 0.416 e. The van der Waals surface area contributed by atoms with E-state index in [9.17, 15) is 22.8 Å². The smallest absolute Gasteiger partial charge is 0.347 e. The van der Waals surface area contributed by atoms with Crippen LogP contribution in [0.15, 0.2) is 54.3 Å². The lowest BCUT2D eigenvalue weighted by Gasteiger charge is -2.09. The summed E-state index contributed by atoms with van der Waals surface area (Å²) >= 11 is 1.12. The molecule has 0 atom stereocenters. The number of carbonyl (C=O) groups is 2. The highest BCUT2D eigenvalue weighted by Gasteiger charge is 2.29. The van der Waals surface area contributed by atoms with E-state index in [1.165, 1.54) is 30.7 Å². The Bertz CT molecular complexity index is 973. The van der Waals surface area contributed by atoms with Gasteiger partial charge in [0.1, 0.15) is 10.6 Å². The van der Waals surface area contributed by atoms with Gasteiger partial charge >= 0.3 is 6.18 Å². The number of halogens is 3. The summed E-state index contributed by atoms with van der Waals surface area (Å²) < 4.78 is 37.7. The van der Waals surface area contributed by atoms with E-state index in [0.717, 1.165) is 23.5 Å². The van der Waals surface area contributed by atoms with Gasteiger partial charge in [-0.05, 0) is 29.1 Å². The lowest BCUT2D eigenvalue weighted by molar-refractivity contribution is -0.137. The highest BCUT2D eigenvalue weighted by molar-refractivity contribution is 7.12. The van der Waals surface area contributed by atoms with Crippen molar-refractivity contribution in [1.82, 2.24) is 15.3 Å². The molecule has 0 aliphatic heterocycles. The fourth-order valence-corrected chi connectivity index (χ4v) is 3.03. The summed E-state index contributed by atoms with van der Waals surface area (Å²) in [5.41, 5.74) is 0.174. The summed E-state index contributed by atoms with van der Waals surface area (Å²) in [6, 6.07) is 6.09. The molecule has 144 valence electrons. The van der Waals surface area contributed by atoms with Crippen molar-refractivity contribution in [3.05, 3.63) is 76.0 Å². The zero-order valence-corrected chi connectivity index (χ0v) is 15.0. The highest BCUT2D eigenvalue weighted by Crippen LogP contribution is 2.29. The molecular formula is C18H13F3N4O2S. The van der Waals surface area contributed by atoms with Crippen LogP contribution in [0.2, 0.25) is 0 Å². The topological polar surface area (TPSA) is 84.0 Å². The van der Waals surface area contributed by atoms with Crippen LogP contribution in [0.1, 0.15) is 31.3 Å². The van der Waals surface area contributed by atoms with E-state index in [1.54, 1.807) is 11.4 Å². The minimum atomic E-state index is -4.41. The Morgan fingerprint density at radius 3 is 2.43 bits per heavy atom. The molecule has 0 spiro atoms. The Balaban J connectivity index is 1.63. The van der Waals surface area contributed by atoms with Gasteiger partial charge in [-0.2, -0.15) is 13.2 Å². The molecule has 0 aliphatic carbocycles. The van der Waals surface area contributed by atoms with Crippen LogP contribution in [0, 0.1) is 0 Å². The molecule has 0 saturated carbocycles. The summed E-state index contributed by atoms with van der Waals surface area (Å²) in [6.07, 6.45) is -0.303. The SMILES string of the molecule is O=C(Nc1ccsc1C(=O)NCc1ccc(C(F)(F)F)cc1)c1cnccn1. The van der Waals surface area contributed by atoms with Crippen LogP contribution in [0.25, 0.3) is 0 Å². The summed E-state index contributed by atoms with van der Waals surface area (Å²) in [5.74, 6) is -0.965. The first-order valence-corrected chi connectivity index (χ1v) is 8.82. The first-order chi connectivity index (χ1) is 13.3. The van der Waals surface area contributed by atoms with Gasteiger partial charge in [0, 0.05) is 18.9 Å². The number of rotatable bonds is 5.